The molecule has 0 amide bonds. The summed E-state index contributed by atoms with van der Waals surface area (Å²) in [5.41, 5.74) is 1.09. The summed E-state index contributed by atoms with van der Waals surface area (Å²) in [5, 5.41) is 7.48. The Morgan fingerprint density at radius 1 is 1.15 bits per heavy atom. The molecule has 0 unspecified atom stereocenters. The second-order valence-electron chi connectivity index (χ2n) is 4.23. The van der Waals surface area contributed by atoms with Gasteiger partial charge in [-0.1, -0.05) is 6.07 Å². The molecule has 0 fully saturated rings. The average Bonchev–Trinajstić information content (AvgIpc) is 2.85. The van der Waals surface area contributed by atoms with E-state index >= 15 is 0 Å². The number of fused-ring (bicyclic) bond motifs is 1. The fraction of sp³-hybridized carbons (Fsp3) is 0. The van der Waals surface area contributed by atoms with Gasteiger partial charge in [0.05, 0.1) is 22.3 Å². The Kier molecular flexibility index (Phi) is 2.90. The second kappa shape index (κ2) is 4.61. The highest BCUT2D eigenvalue weighted by Gasteiger charge is 2.15. The van der Waals surface area contributed by atoms with E-state index in [-0.39, 0.29) is 4.90 Å². The van der Waals surface area contributed by atoms with Crippen LogP contribution in [0.15, 0.2) is 53.6 Å². The van der Waals surface area contributed by atoms with Crippen LogP contribution < -0.4 is 4.72 Å². The normalized spacial score (nSPS) is 11.7. The largest absolute Gasteiger partial charge is 0.280 e. The number of nitrogens with zero attached hydrogens (tertiary/aromatic N) is 1. The Morgan fingerprint density at radius 2 is 2.00 bits per heavy atom. The van der Waals surface area contributed by atoms with Crippen molar-refractivity contribution in [2.45, 2.75) is 4.90 Å². The van der Waals surface area contributed by atoms with E-state index in [1.54, 1.807) is 24.4 Å². The summed E-state index contributed by atoms with van der Waals surface area (Å²) in [6.07, 6.45) is 1.64. The average molecular weight is 291 g/mol. The number of H-pyrrole nitrogens is 1. The Balaban J connectivity index is 1.96. The van der Waals surface area contributed by atoms with Crippen molar-refractivity contribution in [1.29, 1.82) is 0 Å². The first kappa shape index (κ1) is 12.6. The molecule has 0 atom stereocenters. The van der Waals surface area contributed by atoms with Crippen LogP contribution in [0.1, 0.15) is 0 Å². The first-order valence-electron chi connectivity index (χ1n) is 5.76. The third-order valence-corrected chi connectivity index (χ3v) is 4.18. The minimum Gasteiger partial charge on any atom is -0.280 e. The Bertz CT molecular complexity index is 874. The summed E-state index contributed by atoms with van der Waals surface area (Å²) in [4.78, 5) is -0.123. The van der Waals surface area contributed by atoms with Crippen LogP contribution in [0.2, 0.25) is 0 Å². The van der Waals surface area contributed by atoms with Gasteiger partial charge in [-0.05, 0) is 36.4 Å². The number of benzene rings is 2. The number of anilines is 1. The molecular formula is C13H10FN3O2S. The number of nitrogens with one attached hydrogen (secondary N) is 2. The molecule has 0 aliphatic carbocycles. The molecule has 1 aromatic heterocycles. The molecule has 0 spiro atoms. The van der Waals surface area contributed by atoms with Gasteiger partial charge in [-0.2, -0.15) is 5.10 Å². The number of sulfonamides is 1. The molecule has 5 nitrogen and oxygen atoms in total. The first-order chi connectivity index (χ1) is 9.54. The van der Waals surface area contributed by atoms with Crippen LogP contribution in [0.5, 0.6) is 0 Å². The van der Waals surface area contributed by atoms with Gasteiger partial charge >= 0.3 is 0 Å². The number of rotatable bonds is 3. The maximum absolute atomic E-state index is 13.1. The molecule has 2 N–H and O–H groups in total. The lowest BCUT2D eigenvalue weighted by atomic mass is 10.2. The predicted octanol–water partition coefficient (Wildman–Crippen LogP) is 2.50. The number of hydrogen-bond acceptors (Lipinski definition) is 3. The lowest BCUT2D eigenvalue weighted by molar-refractivity contribution is 0.595. The number of aromatic nitrogens is 2. The summed E-state index contributed by atoms with van der Waals surface area (Å²) in [7, 11) is -3.81. The zero-order valence-electron chi connectivity index (χ0n) is 10.2. The van der Waals surface area contributed by atoms with Crippen molar-refractivity contribution in [2.75, 3.05) is 4.72 Å². The van der Waals surface area contributed by atoms with Crippen molar-refractivity contribution in [3.8, 4) is 0 Å². The van der Waals surface area contributed by atoms with Crippen molar-refractivity contribution in [2.24, 2.45) is 0 Å². The lowest BCUT2D eigenvalue weighted by Crippen LogP contribution is -2.13. The quantitative estimate of drug-likeness (QED) is 0.778. The Labute approximate surface area is 114 Å². The summed E-state index contributed by atoms with van der Waals surface area (Å²) in [6.45, 7) is 0. The minimum absolute atomic E-state index is 0.123. The molecule has 20 heavy (non-hydrogen) atoms. The van der Waals surface area contributed by atoms with Crippen molar-refractivity contribution < 1.29 is 12.8 Å². The molecule has 7 heteroatoms. The van der Waals surface area contributed by atoms with Crippen molar-refractivity contribution in [1.82, 2.24) is 10.2 Å². The monoisotopic (exact) mass is 291 g/mol. The maximum Gasteiger partial charge on any atom is 0.261 e. The number of aromatic amines is 1. The van der Waals surface area contributed by atoms with Gasteiger partial charge in [0.1, 0.15) is 5.82 Å². The highest BCUT2D eigenvalue weighted by atomic mass is 32.2. The fourth-order valence-corrected chi connectivity index (χ4v) is 2.93. The summed E-state index contributed by atoms with van der Waals surface area (Å²) in [6, 6.07) is 9.82. The van der Waals surface area contributed by atoms with E-state index < -0.39 is 15.8 Å². The zero-order valence-corrected chi connectivity index (χ0v) is 11.0. The van der Waals surface area contributed by atoms with Crippen LogP contribution in [-0.2, 0) is 10.0 Å². The van der Waals surface area contributed by atoms with E-state index in [4.69, 9.17) is 0 Å². The first-order valence-corrected chi connectivity index (χ1v) is 7.24. The standard InChI is InChI=1S/C13H10FN3O2S/c14-10-2-1-3-12(6-10)20(18,19)17-11-5-4-9-8-15-16-13(9)7-11/h1-8,17H,(H,15,16). The fourth-order valence-electron chi connectivity index (χ4n) is 1.85. The van der Waals surface area contributed by atoms with E-state index in [2.05, 4.69) is 14.9 Å². The van der Waals surface area contributed by atoms with E-state index in [1.807, 2.05) is 0 Å². The predicted molar refractivity (Wildman–Crippen MR) is 73.3 cm³/mol. The lowest BCUT2D eigenvalue weighted by Gasteiger charge is -2.08. The van der Waals surface area contributed by atoms with Crippen LogP contribution in [0, 0.1) is 5.82 Å². The molecule has 3 aromatic rings. The van der Waals surface area contributed by atoms with E-state index in [9.17, 15) is 12.8 Å². The van der Waals surface area contributed by atoms with Gasteiger partial charge in [-0.25, -0.2) is 12.8 Å². The van der Waals surface area contributed by atoms with Gasteiger partial charge in [0, 0.05) is 5.39 Å². The topological polar surface area (TPSA) is 74.8 Å². The molecule has 0 saturated heterocycles. The molecule has 0 radical (unpaired) electrons. The van der Waals surface area contributed by atoms with Gasteiger partial charge in [-0.3, -0.25) is 9.82 Å². The molecule has 3 rings (SSSR count). The van der Waals surface area contributed by atoms with Crippen molar-refractivity contribution in [3.05, 3.63) is 54.5 Å². The van der Waals surface area contributed by atoms with Crippen LogP contribution in [-0.4, -0.2) is 18.6 Å². The smallest absolute Gasteiger partial charge is 0.261 e. The second-order valence-corrected chi connectivity index (χ2v) is 5.92. The molecule has 2 aromatic carbocycles. The molecule has 0 aliphatic heterocycles. The summed E-state index contributed by atoms with van der Waals surface area (Å²) >= 11 is 0. The van der Waals surface area contributed by atoms with Gasteiger partial charge in [-0.15, -0.1) is 0 Å². The molecule has 0 saturated carbocycles. The van der Waals surface area contributed by atoms with Gasteiger partial charge in [0.15, 0.2) is 0 Å². The minimum atomic E-state index is -3.81. The Morgan fingerprint density at radius 3 is 2.80 bits per heavy atom. The third kappa shape index (κ3) is 2.35. The highest BCUT2D eigenvalue weighted by Crippen LogP contribution is 2.20. The molecule has 0 aliphatic rings. The third-order valence-electron chi connectivity index (χ3n) is 2.80. The van der Waals surface area contributed by atoms with Crippen molar-refractivity contribution in [3.63, 3.8) is 0 Å². The Hall–Kier alpha value is -2.41. The molecule has 1 heterocycles. The van der Waals surface area contributed by atoms with E-state index in [1.165, 1.54) is 18.2 Å². The van der Waals surface area contributed by atoms with E-state index in [0.717, 1.165) is 11.5 Å². The van der Waals surface area contributed by atoms with Gasteiger partial charge in [0.2, 0.25) is 0 Å². The molecule has 0 bridgehead atoms. The summed E-state index contributed by atoms with van der Waals surface area (Å²) in [5.74, 6) is -0.600. The molecular weight excluding hydrogens is 281 g/mol. The molecule has 102 valence electrons. The number of hydrogen-bond donors (Lipinski definition) is 2. The van der Waals surface area contributed by atoms with Crippen molar-refractivity contribution >= 4 is 26.6 Å². The zero-order chi connectivity index (χ0) is 14.2. The number of halogens is 1. The SMILES string of the molecule is O=S(=O)(Nc1ccc2cn[nH]c2c1)c1cccc(F)c1. The van der Waals surface area contributed by atoms with Crippen LogP contribution in [0.25, 0.3) is 10.9 Å². The van der Waals surface area contributed by atoms with Gasteiger partial charge < -0.3 is 0 Å². The van der Waals surface area contributed by atoms with Crippen LogP contribution in [0.4, 0.5) is 10.1 Å². The van der Waals surface area contributed by atoms with Crippen LogP contribution >= 0.6 is 0 Å². The highest BCUT2D eigenvalue weighted by molar-refractivity contribution is 7.92. The van der Waals surface area contributed by atoms with E-state index in [0.29, 0.717) is 11.2 Å². The summed E-state index contributed by atoms with van der Waals surface area (Å²) < 4.78 is 39.7. The maximum atomic E-state index is 13.1. The van der Waals surface area contributed by atoms with Gasteiger partial charge in [0.25, 0.3) is 10.0 Å². The van der Waals surface area contributed by atoms with Crippen LogP contribution in [0.3, 0.4) is 0 Å².